The molecule has 0 aliphatic rings. The number of nitrogens with two attached hydrogens (primary N) is 1. The SMILES string of the molecule is CC(NC(=O)CCCn1cnc2c(N)ncnc21)c1c(F)cccc1Cl. The summed E-state index contributed by atoms with van der Waals surface area (Å²) in [5.41, 5.74) is 7.21. The maximum absolute atomic E-state index is 13.9. The van der Waals surface area contributed by atoms with Gasteiger partial charge in [-0.05, 0) is 25.5 Å². The number of nitrogens with zero attached hydrogens (tertiary/aromatic N) is 4. The summed E-state index contributed by atoms with van der Waals surface area (Å²) in [7, 11) is 0. The molecule has 0 radical (unpaired) electrons. The van der Waals surface area contributed by atoms with Gasteiger partial charge in [0.1, 0.15) is 17.7 Å². The second-order valence-electron chi connectivity index (χ2n) is 5.90. The molecule has 3 rings (SSSR count). The van der Waals surface area contributed by atoms with Crippen molar-refractivity contribution in [2.24, 2.45) is 0 Å². The van der Waals surface area contributed by atoms with Gasteiger partial charge in [0.15, 0.2) is 11.5 Å². The van der Waals surface area contributed by atoms with E-state index >= 15 is 0 Å². The fraction of sp³-hybridized carbons (Fsp3) is 0.294. The van der Waals surface area contributed by atoms with Crippen LogP contribution in [0.25, 0.3) is 11.2 Å². The van der Waals surface area contributed by atoms with E-state index in [2.05, 4.69) is 20.3 Å². The Hall–Kier alpha value is -2.74. The Bertz CT molecular complexity index is 924. The van der Waals surface area contributed by atoms with Crippen molar-refractivity contribution in [2.75, 3.05) is 5.73 Å². The molecule has 0 saturated heterocycles. The van der Waals surface area contributed by atoms with E-state index in [4.69, 9.17) is 17.3 Å². The number of amides is 1. The number of aromatic nitrogens is 4. The van der Waals surface area contributed by atoms with E-state index in [1.807, 2.05) is 4.57 Å². The fourth-order valence-corrected chi connectivity index (χ4v) is 3.11. The molecule has 9 heteroatoms. The average Bonchev–Trinajstić information content (AvgIpc) is 2.99. The standard InChI is InChI=1S/C17H18ClFN6O/c1-10(14-11(18)4-2-5-12(14)19)24-13(26)6-3-7-25-9-23-15-16(20)21-8-22-17(15)25/h2,4-5,8-10H,3,6-7H2,1H3,(H,24,26)(H2,20,21,22). The minimum absolute atomic E-state index is 0.185. The molecule has 2 heterocycles. The highest BCUT2D eigenvalue weighted by Gasteiger charge is 2.17. The Morgan fingerprint density at radius 2 is 2.19 bits per heavy atom. The van der Waals surface area contributed by atoms with E-state index in [0.29, 0.717) is 35.0 Å². The first-order chi connectivity index (χ1) is 12.5. The number of carbonyl (C=O) groups is 1. The molecule has 1 amide bonds. The number of nitrogen functional groups attached to an aromatic ring is 1. The van der Waals surface area contributed by atoms with Crippen LogP contribution in [0.1, 0.15) is 31.4 Å². The van der Waals surface area contributed by atoms with Crippen LogP contribution < -0.4 is 11.1 Å². The topological polar surface area (TPSA) is 98.7 Å². The molecular weight excluding hydrogens is 359 g/mol. The molecule has 2 aromatic heterocycles. The molecule has 1 atom stereocenters. The molecule has 0 aliphatic carbocycles. The summed E-state index contributed by atoms with van der Waals surface area (Å²) in [6.45, 7) is 2.25. The van der Waals surface area contributed by atoms with Crippen molar-refractivity contribution in [3.05, 3.63) is 47.3 Å². The lowest BCUT2D eigenvalue weighted by Crippen LogP contribution is -2.27. The number of rotatable bonds is 6. The molecule has 3 N–H and O–H groups in total. The number of carbonyl (C=O) groups excluding carboxylic acids is 1. The number of hydrogen-bond donors (Lipinski definition) is 2. The van der Waals surface area contributed by atoms with Gasteiger partial charge in [0.2, 0.25) is 5.91 Å². The Balaban J connectivity index is 1.56. The third-order valence-corrected chi connectivity index (χ3v) is 4.37. The lowest BCUT2D eigenvalue weighted by atomic mass is 10.1. The van der Waals surface area contributed by atoms with Crippen molar-refractivity contribution < 1.29 is 9.18 Å². The third-order valence-electron chi connectivity index (χ3n) is 4.04. The second kappa shape index (κ2) is 7.65. The van der Waals surface area contributed by atoms with Crippen molar-refractivity contribution in [1.29, 1.82) is 0 Å². The maximum Gasteiger partial charge on any atom is 0.220 e. The zero-order chi connectivity index (χ0) is 18.7. The lowest BCUT2D eigenvalue weighted by molar-refractivity contribution is -0.121. The van der Waals surface area contributed by atoms with E-state index < -0.39 is 11.9 Å². The van der Waals surface area contributed by atoms with Crippen molar-refractivity contribution in [2.45, 2.75) is 32.4 Å². The van der Waals surface area contributed by atoms with E-state index in [1.165, 1.54) is 18.5 Å². The van der Waals surface area contributed by atoms with Crippen LogP contribution in [0, 0.1) is 5.82 Å². The van der Waals surface area contributed by atoms with Gasteiger partial charge in [-0.3, -0.25) is 4.79 Å². The van der Waals surface area contributed by atoms with Gasteiger partial charge in [0, 0.05) is 23.6 Å². The van der Waals surface area contributed by atoms with E-state index in [1.54, 1.807) is 19.3 Å². The zero-order valence-electron chi connectivity index (χ0n) is 14.1. The molecule has 26 heavy (non-hydrogen) atoms. The second-order valence-corrected chi connectivity index (χ2v) is 6.30. The highest BCUT2D eigenvalue weighted by molar-refractivity contribution is 6.31. The van der Waals surface area contributed by atoms with Crippen LogP contribution in [-0.4, -0.2) is 25.4 Å². The molecule has 0 aliphatic heterocycles. The highest BCUT2D eigenvalue weighted by atomic mass is 35.5. The number of hydrogen-bond acceptors (Lipinski definition) is 5. The molecule has 7 nitrogen and oxygen atoms in total. The van der Waals surface area contributed by atoms with E-state index in [0.717, 1.165) is 0 Å². The maximum atomic E-state index is 13.9. The van der Waals surface area contributed by atoms with Gasteiger partial charge in [0.05, 0.1) is 12.4 Å². The van der Waals surface area contributed by atoms with Gasteiger partial charge in [-0.2, -0.15) is 0 Å². The Morgan fingerprint density at radius 3 is 2.96 bits per heavy atom. The van der Waals surface area contributed by atoms with E-state index in [9.17, 15) is 9.18 Å². The average molecular weight is 377 g/mol. The number of aryl methyl sites for hydroxylation is 1. The van der Waals surface area contributed by atoms with Crippen molar-refractivity contribution >= 4 is 34.5 Å². The van der Waals surface area contributed by atoms with E-state index in [-0.39, 0.29) is 17.9 Å². The molecular formula is C17H18ClFN6O. The van der Waals surface area contributed by atoms with Gasteiger partial charge in [-0.25, -0.2) is 19.3 Å². The summed E-state index contributed by atoms with van der Waals surface area (Å²) in [6, 6.07) is 3.93. The minimum Gasteiger partial charge on any atom is -0.382 e. The van der Waals surface area contributed by atoms with Crippen LogP contribution in [-0.2, 0) is 11.3 Å². The number of halogens is 2. The van der Waals surface area contributed by atoms with Crippen LogP contribution in [0.2, 0.25) is 5.02 Å². The molecule has 0 fully saturated rings. The third kappa shape index (κ3) is 3.75. The van der Waals surface area contributed by atoms with Crippen LogP contribution >= 0.6 is 11.6 Å². The van der Waals surface area contributed by atoms with Crippen LogP contribution in [0.15, 0.2) is 30.9 Å². The summed E-state index contributed by atoms with van der Waals surface area (Å²) < 4.78 is 15.7. The van der Waals surface area contributed by atoms with Crippen molar-refractivity contribution in [3.63, 3.8) is 0 Å². The molecule has 1 unspecified atom stereocenters. The van der Waals surface area contributed by atoms with Gasteiger partial charge in [-0.1, -0.05) is 17.7 Å². The Labute approximate surface area is 154 Å². The van der Waals surface area contributed by atoms with Crippen LogP contribution in [0.5, 0.6) is 0 Å². The van der Waals surface area contributed by atoms with Crippen LogP contribution in [0.3, 0.4) is 0 Å². The predicted octanol–water partition coefficient (Wildman–Crippen LogP) is 2.86. The smallest absolute Gasteiger partial charge is 0.220 e. The van der Waals surface area contributed by atoms with Gasteiger partial charge in [0.25, 0.3) is 0 Å². The lowest BCUT2D eigenvalue weighted by Gasteiger charge is -2.16. The number of nitrogens with one attached hydrogen (secondary N) is 1. The summed E-state index contributed by atoms with van der Waals surface area (Å²) in [5.74, 6) is -0.301. The first kappa shape index (κ1) is 18.1. The largest absolute Gasteiger partial charge is 0.382 e. The van der Waals surface area contributed by atoms with Gasteiger partial charge >= 0.3 is 0 Å². The minimum atomic E-state index is -0.516. The Kier molecular flexibility index (Phi) is 5.32. The van der Waals surface area contributed by atoms with Crippen molar-refractivity contribution in [1.82, 2.24) is 24.8 Å². The monoisotopic (exact) mass is 376 g/mol. The Morgan fingerprint density at radius 1 is 1.38 bits per heavy atom. The number of imidazole rings is 1. The first-order valence-electron chi connectivity index (χ1n) is 8.12. The first-order valence-corrected chi connectivity index (χ1v) is 8.49. The summed E-state index contributed by atoms with van der Waals surface area (Å²) in [6.07, 6.45) is 3.84. The molecule has 0 bridgehead atoms. The molecule has 136 valence electrons. The quantitative estimate of drug-likeness (QED) is 0.689. The highest BCUT2D eigenvalue weighted by Crippen LogP contribution is 2.25. The summed E-state index contributed by atoms with van der Waals surface area (Å²) >= 11 is 6.02. The number of benzene rings is 1. The molecule has 0 saturated carbocycles. The number of anilines is 1. The normalized spacial score (nSPS) is 12.3. The molecule has 0 spiro atoms. The van der Waals surface area contributed by atoms with Crippen LogP contribution in [0.4, 0.5) is 10.2 Å². The predicted molar refractivity (Wildman–Crippen MR) is 96.9 cm³/mol. The molecule has 1 aromatic carbocycles. The fourth-order valence-electron chi connectivity index (χ4n) is 2.78. The van der Waals surface area contributed by atoms with Crippen molar-refractivity contribution in [3.8, 4) is 0 Å². The molecule has 3 aromatic rings. The van der Waals surface area contributed by atoms with Gasteiger partial charge < -0.3 is 15.6 Å². The summed E-state index contributed by atoms with van der Waals surface area (Å²) in [5, 5.41) is 3.06. The van der Waals surface area contributed by atoms with Gasteiger partial charge in [-0.15, -0.1) is 0 Å². The summed E-state index contributed by atoms with van der Waals surface area (Å²) in [4.78, 5) is 24.4. The number of fused-ring (bicyclic) bond motifs is 1. The zero-order valence-corrected chi connectivity index (χ0v) is 14.9.